The molecule has 2 aliphatic rings. The van der Waals surface area contributed by atoms with Gasteiger partial charge in [0, 0.05) is 19.7 Å². The Hall–Kier alpha value is -0.610. The fourth-order valence-corrected chi connectivity index (χ4v) is 3.08. The largest absolute Gasteiger partial charge is 0.379 e. The monoisotopic (exact) mass is 268 g/mol. The van der Waals surface area contributed by atoms with Gasteiger partial charge >= 0.3 is 0 Å². The number of hydrogen-bond acceptors (Lipinski definition) is 3. The van der Waals surface area contributed by atoms with Crippen LogP contribution >= 0.6 is 0 Å². The number of ether oxygens (including phenoxy) is 1. The van der Waals surface area contributed by atoms with Gasteiger partial charge in [0.05, 0.1) is 12.1 Å². The maximum atomic E-state index is 12.4. The third kappa shape index (κ3) is 3.93. The van der Waals surface area contributed by atoms with Crippen molar-refractivity contribution >= 4 is 5.91 Å². The minimum Gasteiger partial charge on any atom is -0.379 e. The molecule has 2 saturated heterocycles. The van der Waals surface area contributed by atoms with Gasteiger partial charge in [-0.3, -0.25) is 9.69 Å². The van der Waals surface area contributed by atoms with Crippen LogP contribution in [0.15, 0.2) is 0 Å². The molecule has 4 heteroatoms. The first-order valence-corrected chi connectivity index (χ1v) is 7.68. The Kier molecular flexibility index (Phi) is 5.22. The Morgan fingerprint density at radius 1 is 1.21 bits per heavy atom. The summed E-state index contributed by atoms with van der Waals surface area (Å²) in [6, 6.07) is 0.142. The van der Waals surface area contributed by atoms with Gasteiger partial charge in [-0.15, -0.1) is 0 Å². The van der Waals surface area contributed by atoms with Crippen molar-refractivity contribution in [2.24, 2.45) is 5.92 Å². The fourth-order valence-electron chi connectivity index (χ4n) is 3.08. The molecule has 0 spiro atoms. The van der Waals surface area contributed by atoms with Gasteiger partial charge in [0.25, 0.3) is 0 Å². The molecule has 2 rings (SSSR count). The highest BCUT2D eigenvalue weighted by Crippen LogP contribution is 2.22. The van der Waals surface area contributed by atoms with Crippen molar-refractivity contribution in [3.8, 4) is 0 Å². The summed E-state index contributed by atoms with van der Waals surface area (Å²) in [6.45, 7) is 7.89. The maximum absolute atomic E-state index is 12.4. The maximum Gasteiger partial charge on any atom is 0.239 e. The van der Waals surface area contributed by atoms with Gasteiger partial charge in [-0.1, -0.05) is 0 Å². The summed E-state index contributed by atoms with van der Waals surface area (Å²) in [4.78, 5) is 16.7. The van der Waals surface area contributed by atoms with Gasteiger partial charge in [-0.05, 0) is 59.0 Å². The summed E-state index contributed by atoms with van der Waals surface area (Å²) >= 11 is 0. The van der Waals surface area contributed by atoms with E-state index in [-0.39, 0.29) is 6.04 Å². The molecule has 0 radical (unpaired) electrons. The molecule has 110 valence electrons. The number of nitrogens with zero attached hydrogens (tertiary/aromatic N) is 2. The fraction of sp³-hybridized carbons (Fsp3) is 0.933. The number of hydrogen-bond donors (Lipinski definition) is 0. The van der Waals surface area contributed by atoms with Crippen molar-refractivity contribution in [1.82, 2.24) is 9.80 Å². The zero-order valence-corrected chi connectivity index (χ0v) is 12.6. The Labute approximate surface area is 117 Å². The van der Waals surface area contributed by atoms with E-state index in [1.165, 1.54) is 0 Å². The topological polar surface area (TPSA) is 32.8 Å². The second-order valence-electron chi connectivity index (χ2n) is 6.29. The minimum absolute atomic E-state index is 0.142. The van der Waals surface area contributed by atoms with Crippen LogP contribution in [-0.2, 0) is 9.53 Å². The second-order valence-corrected chi connectivity index (χ2v) is 6.29. The Morgan fingerprint density at radius 2 is 1.89 bits per heavy atom. The summed E-state index contributed by atoms with van der Waals surface area (Å²) in [5.41, 5.74) is 0. The van der Waals surface area contributed by atoms with E-state index in [9.17, 15) is 4.79 Å². The molecule has 0 aliphatic carbocycles. The van der Waals surface area contributed by atoms with Crippen molar-refractivity contribution in [2.45, 2.75) is 51.7 Å². The summed E-state index contributed by atoms with van der Waals surface area (Å²) in [6.07, 6.45) is 4.69. The Bertz CT molecular complexity index is 299. The lowest BCUT2D eigenvalue weighted by Crippen LogP contribution is -2.47. The third-order valence-electron chi connectivity index (χ3n) is 4.40. The van der Waals surface area contributed by atoms with Crippen LogP contribution in [0.4, 0.5) is 0 Å². The van der Waals surface area contributed by atoms with E-state index >= 15 is 0 Å². The third-order valence-corrected chi connectivity index (χ3v) is 4.40. The number of rotatable bonds is 4. The molecule has 2 fully saturated rings. The highest BCUT2D eigenvalue weighted by molar-refractivity contribution is 5.82. The molecule has 1 atom stereocenters. The molecule has 19 heavy (non-hydrogen) atoms. The zero-order valence-electron chi connectivity index (χ0n) is 12.6. The number of carbonyl (C=O) groups is 1. The molecular formula is C15H28N2O2. The van der Waals surface area contributed by atoms with Crippen molar-refractivity contribution in [2.75, 3.05) is 33.3 Å². The molecule has 0 bridgehead atoms. The van der Waals surface area contributed by atoms with Gasteiger partial charge in [0.2, 0.25) is 5.91 Å². The van der Waals surface area contributed by atoms with Gasteiger partial charge < -0.3 is 9.64 Å². The molecule has 1 amide bonds. The molecule has 4 nitrogen and oxygen atoms in total. The van der Waals surface area contributed by atoms with Crippen molar-refractivity contribution in [3.63, 3.8) is 0 Å². The highest BCUT2D eigenvalue weighted by Gasteiger charge is 2.33. The average molecular weight is 268 g/mol. The summed E-state index contributed by atoms with van der Waals surface area (Å²) in [5, 5.41) is 0. The summed E-state index contributed by atoms with van der Waals surface area (Å²) in [7, 11) is 2.07. The van der Waals surface area contributed by atoms with E-state index in [1.807, 2.05) is 0 Å². The Balaban J connectivity index is 1.75. The van der Waals surface area contributed by atoms with Crippen LogP contribution in [0.2, 0.25) is 0 Å². The van der Waals surface area contributed by atoms with E-state index in [0.717, 1.165) is 51.9 Å². The van der Waals surface area contributed by atoms with Crippen LogP contribution in [-0.4, -0.2) is 61.1 Å². The van der Waals surface area contributed by atoms with Crippen LogP contribution < -0.4 is 0 Å². The standard InChI is InChI=1S/C15H28N2O2/c1-12(2)19-11-13-6-9-17(10-7-13)15(18)14-5-4-8-16(14)3/h12-14H,4-11H2,1-3H3/t14-/m1/s1. The quantitative estimate of drug-likeness (QED) is 0.778. The van der Waals surface area contributed by atoms with Gasteiger partial charge in [0.15, 0.2) is 0 Å². The van der Waals surface area contributed by atoms with Gasteiger partial charge in [-0.2, -0.15) is 0 Å². The Morgan fingerprint density at radius 3 is 2.42 bits per heavy atom. The number of piperidine rings is 1. The lowest BCUT2D eigenvalue weighted by Gasteiger charge is -2.35. The lowest BCUT2D eigenvalue weighted by molar-refractivity contribution is -0.137. The smallest absolute Gasteiger partial charge is 0.239 e. The predicted molar refractivity (Wildman–Crippen MR) is 76.0 cm³/mol. The van der Waals surface area contributed by atoms with E-state index in [2.05, 4.69) is 30.7 Å². The first-order chi connectivity index (χ1) is 9.08. The second kappa shape index (κ2) is 6.71. The number of amides is 1. The van der Waals surface area contributed by atoms with E-state index in [4.69, 9.17) is 4.74 Å². The van der Waals surface area contributed by atoms with Crippen LogP contribution in [0.3, 0.4) is 0 Å². The SMILES string of the molecule is CC(C)OCC1CCN(C(=O)[C@H]2CCCN2C)CC1. The van der Waals surface area contributed by atoms with Gasteiger partial charge in [0.1, 0.15) is 0 Å². The van der Waals surface area contributed by atoms with Crippen molar-refractivity contribution in [3.05, 3.63) is 0 Å². The molecule has 0 aromatic heterocycles. The predicted octanol–water partition coefficient (Wildman–Crippen LogP) is 1.74. The lowest BCUT2D eigenvalue weighted by atomic mass is 9.97. The van der Waals surface area contributed by atoms with Crippen molar-refractivity contribution < 1.29 is 9.53 Å². The number of carbonyl (C=O) groups excluding carboxylic acids is 1. The summed E-state index contributed by atoms with van der Waals surface area (Å²) in [5.74, 6) is 0.982. The highest BCUT2D eigenvalue weighted by atomic mass is 16.5. The zero-order chi connectivity index (χ0) is 13.8. The molecule has 0 aromatic rings. The number of likely N-dealkylation sites (N-methyl/N-ethyl adjacent to an activating group) is 1. The van der Waals surface area contributed by atoms with Crippen LogP contribution in [0.1, 0.15) is 39.5 Å². The molecular weight excluding hydrogens is 240 g/mol. The molecule has 2 heterocycles. The van der Waals surface area contributed by atoms with E-state index in [1.54, 1.807) is 0 Å². The van der Waals surface area contributed by atoms with Crippen molar-refractivity contribution in [1.29, 1.82) is 0 Å². The van der Waals surface area contributed by atoms with Crippen LogP contribution in [0, 0.1) is 5.92 Å². The molecule has 0 saturated carbocycles. The first kappa shape index (κ1) is 14.8. The minimum atomic E-state index is 0.142. The average Bonchev–Trinajstić information content (AvgIpc) is 2.82. The van der Waals surface area contributed by atoms with E-state index in [0.29, 0.717) is 17.9 Å². The molecule has 0 N–H and O–H groups in total. The number of likely N-dealkylation sites (tertiary alicyclic amines) is 2. The molecule has 0 aromatic carbocycles. The van der Waals surface area contributed by atoms with Crippen LogP contribution in [0.5, 0.6) is 0 Å². The van der Waals surface area contributed by atoms with Crippen LogP contribution in [0.25, 0.3) is 0 Å². The van der Waals surface area contributed by atoms with Gasteiger partial charge in [-0.25, -0.2) is 0 Å². The normalized spacial score (nSPS) is 26.3. The molecule has 2 aliphatic heterocycles. The first-order valence-electron chi connectivity index (χ1n) is 7.68. The summed E-state index contributed by atoms with van der Waals surface area (Å²) < 4.78 is 5.68. The van der Waals surface area contributed by atoms with E-state index < -0.39 is 0 Å². The molecule has 0 unspecified atom stereocenters.